The third-order valence-corrected chi connectivity index (χ3v) is 5.11. The molecule has 0 aromatic carbocycles. The number of aryl methyl sites for hydroxylation is 1. The van der Waals surface area contributed by atoms with Gasteiger partial charge in [-0.15, -0.1) is 11.3 Å². The highest BCUT2D eigenvalue weighted by Crippen LogP contribution is 2.23. The number of hydrogen-bond acceptors (Lipinski definition) is 4. The minimum atomic E-state index is 0.546. The van der Waals surface area contributed by atoms with Crippen LogP contribution in [-0.4, -0.2) is 37.7 Å². The largest absolute Gasteiger partial charge is 0.381 e. The van der Waals surface area contributed by atoms with E-state index in [-0.39, 0.29) is 0 Å². The van der Waals surface area contributed by atoms with Gasteiger partial charge in [-0.3, -0.25) is 0 Å². The summed E-state index contributed by atoms with van der Waals surface area (Å²) in [6.45, 7) is 11.7. The Morgan fingerprint density at radius 1 is 1.48 bits per heavy atom. The van der Waals surface area contributed by atoms with Crippen LogP contribution in [0.2, 0.25) is 0 Å². The molecule has 2 rings (SSSR count). The Balaban J connectivity index is 1.83. The predicted molar refractivity (Wildman–Crippen MR) is 90.9 cm³/mol. The fourth-order valence-corrected chi connectivity index (χ4v) is 3.89. The van der Waals surface area contributed by atoms with E-state index in [9.17, 15) is 0 Å². The first kappa shape index (κ1) is 16.9. The van der Waals surface area contributed by atoms with Crippen LogP contribution in [0.25, 0.3) is 0 Å². The van der Waals surface area contributed by atoms with Crippen molar-refractivity contribution in [2.24, 2.45) is 5.92 Å². The minimum Gasteiger partial charge on any atom is -0.381 e. The summed E-state index contributed by atoms with van der Waals surface area (Å²) in [6.07, 6.45) is 2.54. The van der Waals surface area contributed by atoms with Crippen LogP contribution in [0.15, 0.2) is 6.07 Å². The van der Waals surface area contributed by atoms with Gasteiger partial charge in [-0.2, -0.15) is 0 Å². The Hall–Kier alpha value is -0.420. The molecule has 0 radical (unpaired) electrons. The van der Waals surface area contributed by atoms with E-state index in [1.807, 2.05) is 11.3 Å². The second-order valence-electron chi connectivity index (χ2n) is 6.61. The van der Waals surface area contributed by atoms with E-state index in [4.69, 9.17) is 4.74 Å². The maximum atomic E-state index is 5.58. The van der Waals surface area contributed by atoms with Crippen LogP contribution in [0.1, 0.15) is 42.0 Å². The van der Waals surface area contributed by atoms with Crippen LogP contribution >= 0.6 is 11.3 Å². The Morgan fingerprint density at radius 3 is 2.95 bits per heavy atom. The summed E-state index contributed by atoms with van der Waals surface area (Å²) in [7, 11) is 2.23. The first-order valence-electron chi connectivity index (χ1n) is 8.12. The Bertz CT molecular complexity index is 424. The molecule has 1 fully saturated rings. The van der Waals surface area contributed by atoms with Gasteiger partial charge in [0.15, 0.2) is 0 Å². The summed E-state index contributed by atoms with van der Waals surface area (Å²) < 4.78 is 5.58. The zero-order valence-corrected chi connectivity index (χ0v) is 14.8. The fourth-order valence-electron chi connectivity index (χ4n) is 2.88. The second kappa shape index (κ2) is 8.28. The van der Waals surface area contributed by atoms with Gasteiger partial charge in [0.05, 0.1) is 6.61 Å². The summed E-state index contributed by atoms with van der Waals surface area (Å²) in [6, 6.07) is 2.92. The molecule has 4 heteroatoms. The predicted octanol–water partition coefficient (Wildman–Crippen LogP) is 3.41. The third-order valence-electron chi connectivity index (χ3n) is 4.02. The molecule has 1 unspecified atom stereocenters. The summed E-state index contributed by atoms with van der Waals surface area (Å²) >= 11 is 1.93. The highest BCUT2D eigenvalue weighted by Gasteiger charge is 2.17. The van der Waals surface area contributed by atoms with Crippen molar-refractivity contribution in [3.05, 3.63) is 21.4 Å². The van der Waals surface area contributed by atoms with E-state index in [0.717, 1.165) is 32.8 Å². The highest BCUT2D eigenvalue weighted by atomic mass is 32.1. The maximum Gasteiger partial charge on any atom is 0.0506 e. The van der Waals surface area contributed by atoms with E-state index in [0.29, 0.717) is 12.0 Å². The normalized spacial score (nSPS) is 19.6. The molecule has 0 aliphatic carbocycles. The summed E-state index contributed by atoms with van der Waals surface area (Å²) in [5, 5.41) is 3.50. The van der Waals surface area contributed by atoms with Gasteiger partial charge in [0.25, 0.3) is 0 Å². The number of nitrogens with one attached hydrogen (secondary N) is 1. The van der Waals surface area contributed by atoms with Gasteiger partial charge in [-0.1, -0.05) is 13.8 Å². The van der Waals surface area contributed by atoms with Crippen LogP contribution in [0.3, 0.4) is 0 Å². The molecule has 1 saturated heterocycles. The smallest absolute Gasteiger partial charge is 0.0506 e. The van der Waals surface area contributed by atoms with Gasteiger partial charge in [0, 0.05) is 42.0 Å². The number of ether oxygens (including phenoxy) is 1. The van der Waals surface area contributed by atoms with Crippen LogP contribution in [0, 0.1) is 12.8 Å². The zero-order chi connectivity index (χ0) is 15.2. The number of rotatable bonds is 7. The summed E-state index contributed by atoms with van der Waals surface area (Å²) in [5.41, 5.74) is 1.49. The van der Waals surface area contributed by atoms with Crippen molar-refractivity contribution in [1.82, 2.24) is 10.2 Å². The van der Waals surface area contributed by atoms with Crippen LogP contribution in [0.4, 0.5) is 0 Å². The average molecular weight is 311 g/mol. The van der Waals surface area contributed by atoms with E-state index in [2.05, 4.69) is 44.1 Å². The minimum absolute atomic E-state index is 0.546. The van der Waals surface area contributed by atoms with Crippen molar-refractivity contribution >= 4 is 11.3 Å². The molecule has 0 spiro atoms. The molecular formula is C17H30N2OS. The first-order valence-corrected chi connectivity index (χ1v) is 8.94. The van der Waals surface area contributed by atoms with Crippen molar-refractivity contribution in [3.63, 3.8) is 0 Å². The molecule has 120 valence electrons. The maximum absolute atomic E-state index is 5.58. The molecule has 21 heavy (non-hydrogen) atoms. The van der Waals surface area contributed by atoms with E-state index in [1.165, 1.54) is 28.2 Å². The van der Waals surface area contributed by atoms with E-state index >= 15 is 0 Å². The van der Waals surface area contributed by atoms with Gasteiger partial charge < -0.3 is 15.0 Å². The summed E-state index contributed by atoms with van der Waals surface area (Å²) in [5.74, 6) is 0.713. The molecular weight excluding hydrogens is 280 g/mol. The molecule has 1 aliphatic rings. The van der Waals surface area contributed by atoms with Crippen molar-refractivity contribution in [2.45, 2.75) is 52.7 Å². The summed E-state index contributed by atoms with van der Waals surface area (Å²) in [4.78, 5) is 5.36. The molecule has 0 saturated carbocycles. The van der Waals surface area contributed by atoms with Gasteiger partial charge >= 0.3 is 0 Å². The molecule has 0 bridgehead atoms. The van der Waals surface area contributed by atoms with Crippen LogP contribution in [-0.2, 0) is 17.8 Å². The van der Waals surface area contributed by atoms with Gasteiger partial charge in [-0.25, -0.2) is 0 Å². The lowest BCUT2D eigenvalue weighted by atomic mass is 10.0. The molecule has 1 aromatic heterocycles. The van der Waals surface area contributed by atoms with E-state index in [1.54, 1.807) is 0 Å². The molecule has 3 nitrogen and oxygen atoms in total. The van der Waals surface area contributed by atoms with Gasteiger partial charge in [-0.05, 0) is 44.4 Å². The Labute approximate surface area is 133 Å². The number of hydrogen-bond donors (Lipinski definition) is 1. The van der Waals surface area contributed by atoms with Crippen molar-refractivity contribution in [3.8, 4) is 0 Å². The molecule has 1 aromatic rings. The Morgan fingerprint density at radius 2 is 2.29 bits per heavy atom. The molecule has 1 aliphatic heterocycles. The van der Waals surface area contributed by atoms with E-state index < -0.39 is 0 Å². The van der Waals surface area contributed by atoms with Crippen LogP contribution < -0.4 is 5.32 Å². The second-order valence-corrected chi connectivity index (χ2v) is 7.95. The standard InChI is InChI=1S/C17H30N2OS/c1-13(2)18-9-17-8-16(14(3)21-17)11-19(4)10-15-6-5-7-20-12-15/h8,13,15,18H,5-7,9-12H2,1-4H3. The third kappa shape index (κ3) is 5.70. The van der Waals surface area contributed by atoms with Crippen molar-refractivity contribution < 1.29 is 4.74 Å². The number of thiophene rings is 1. The topological polar surface area (TPSA) is 24.5 Å². The molecule has 1 N–H and O–H groups in total. The SMILES string of the molecule is Cc1sc(CNC(C)C)cc1CN(C)CC1CCCOC1. The van der Waals surface area contributed by atoms with Crippen LogP contribution in [0.5, 0.6) is 0 Å². The highest BCUT2D eigenvalue weighted by molar-refractivity contribution is 7.12. The quantitative estimate of drug-likeness (QED) is 0.835. The lowest BCUT2D eigenvalue weighted by molar-refractivity contribution is 0.0411. The van der Waals surface area contributed by atoms with Crippen molar-refractivity contribution in [2.75, 3.05) is 26.8 Å². The lowest BCUT2D eigenvalue weighted by Gasteiger charge is -2.27. The fraction of sp³-hybridized carbons (Fsp3) is 0.765. The van der Waals surface area contributed by atoms with Gasteiger partial charge in [0.1, 0.15) is 0 Å². The average Bonchev–Trinajstić information content (AvgIpc) is 2.78. The molecule has 2 heterocycles. The molecule has 1 atom stereocenters. The number of nitrogens with zero attached hydrogens (tertiary/aromatic N) is 1. The lowest BCUT2D eigenvalue weighted by Crippen LogP contribution is -2.30. The first-order chi connectivity index (χ1) is 10.0. The van der Waals surface area contributed by atoms with Gasteiger partial charge in [0.2, 0.25) is 0 Å². The molecule has 0 amide bonds. The van der Waals surface area contributed by atoms with Crippen molar-refractivity contribution in [1.29, 1.82) is 0 Å². The zero-order valence-electron chi connectivity index (χ0n) is 13.9. The Kier molecular flexibility index (Phi) is 6.68. The monoisotopic (exact) mass is 310 g/mol.